The van der Waals surface area contributed by atoms with Gasteiger partial charge >= 0.3 is 6.18 Å². The molecule has 0 unspecified atom stereocenters. The summed E-state index contributed by atoms with van der Waals surface area (Å²) < 4.78 is 45.9. The molecule has 0 atom stereocenters. The first-order valence-electron chi connectivity index (χ1n) is 10.2. The van der Waals surface area contributed by atoms with Gasteiger partial charge in [0, 0.05) is 11.1 Å². The molecule has 156 valence electrons. The van der Waals surface area contributed by atoms with Crippen LogP contribution in [0.3, 0.4) is 0 Å². The third kappa shape index (κ3) is 2.59. The molecule has 4 aromatic carbocycles. The van der Waals surface area contributed by atoms with Crippen LogP contribution in [0.5, 0.6) is 0 Å². The molecule has 1 nitrogen and oxygen atoms in total. The van der Waals surface area contributed by atoms with E-state index >= 15 is 13.2 Å². The van der Waals surface area contributed by atoms with Crippen molar-refractivity contribution < 1.29 is 18.0 Å². The first kappa shape index (κ1) is 20.0. The summed E-state index contributed by atoms with van der Waals surface area (Å²) in [4.78, 5) is 13.6. The highest BCUT2D eigenvalue weighted by atomic mass is 28.3. The molecule has 1 aliphatic carbocycles. The summed E-state index contributed by atoms with van der Waals surface area (Å²) in [6.07, 6.45) is -4.55. The first-order valence-corrected chi connectivity index (χ1v) is 13.7. The molecule has 0 aliphatic heterocycles. The maximum Gasteiger partial charge on any atom is 0.399 e. The third-order valence-corrected chi connectivity index (χ3v) is 9.69. The maximum atomic E-state index is 15.3. The van der Waals surface area contributed by atoms with E-state index in [9.17, 15) is 4.79 Å². The Morgan fingerprint density at radius 1 is 0.677 bits per heavy atom. The molecule has 0 aromatic heterocycles. The predicted molar refractivity (Wildman–Crippen MR) is 122 cm³/mol. The Balaban J connectivity index is 2.02. The molecular weight excluding hydrogens is 413 g/mol. The fourth-order valence-electron chi connectivity index (χ4n) is 5.31. The average molecular weight is 435 g/mol. The van der Waals surface area contributed by atoms with Crippen molar-refractivity contribution in [1.82, 2.24) is 0 Å². The Labute approximate surface area is 179 Å². The van der Waals surface area contributed by atoms with Crippen LogP contribution in [0.15, 0.2) is 72.8 Å². The molecule has 4 aromatic rings. The molecule has 5 rings (SSSR count). The van der Waals surface area contributed by atoms with Crippen molar-refractivity contribution in [1.29, 1.82) is 0 Å². The van der Waals surface area contributed by atoms with Gasteiger partial charge in [0.15, 0.2) is 5.78 Å². The van der Waals surface area contributed by atoms with Gasteiger partial charge in [0.2, 0.25) is 0 Å². The highest BCUT2D eigenvalue weighted by Gasteiger charge is 2.67. The SMILES string of the molecule is C[Si](C)(C)C1(C(F)(F)F)c2cc3ccccc3cc2C(=O)c2cc3ccccc3cc21. The Kier molecular flexibility index (Phi) is 4.06. The van der Waals surface area contributed by atoms with E-state index in [0.29, 0.717) is 10.8 Å². The zero-order chi connectivity index (χ0) is 22.2. The quantitative estimate of drug-likeness (QED) is 0.288. The summed E-state index contributed by atoms with van der Waals surface area (Å²) in [6.45, 7) is 5.23. The lowest BCUT2D eigenvalue weighted by Gasteiger charge is -2.49. The number of carbonyl (C=O) groups is 1. The molecule has 0 saturated carbocycles. The van der Waals surface area contributed by atoms with Gasteiger partial charge in [-0.1, -0.05) is 68.2 Å². The van der Waals surface area contributed by atoms with Crippen LogP contribution in [0.2, 0.25) is 19.6 Å². The minimum absolute atomic E-state index is 0.102. The lowest BCUT2D eigenvalue weighted by molar-refractivity contribution is -0.157. The van der Waals surface area contributed by atoms with Crippen molar-refractivity contribution >= 4 is 35.4 Å². The van der Waals surface area contributed by atoms with Crippen molar-refractivity contribution in [3.8, 4) is 0 Å². The summed E-state index contributed by atoms with van der Waals surface area (Å²) >= 11 is 0. The summed E-state index contributed by atoms with van der Waals surface area (Å²) in [5.41, 5.74) is 0.541. The van der Waals surface area contributed by atoms with Gasteiger partial charge in [0.1, 0.15) is 5.04 Å². The van der Waals surface area contributed by atoms with E-state index in [1.165, 1.54) is 0 Å². The van der Waals surface area contributed by atoms with Gasteiger partial charge in [-0.3, -0.25) is 4.79 Å². The highest BCUT2D eigenvalue weighted by Crippen LogP contribution is 2.57. The molecule has 0 heterocycles. The van der Waals surface area contributed by atoms with Crippen LogP contribution in [0.4, 0.5) is 13.2 Å². The molecular formula is C26H21F3OSi. The fraction of sp³-hybridized carbons (Fsp3) is 0.192. The molecule has 0 saturated heterocycles. The van der Waals surface area contributed by atoms with E-state index < -0.39 is 19.3 Å². The zero-order valence-corrected chi connectivity index (χ0v) is 18.5. The van der Waals surface area contributed by atoms with Gasteiger partial charge < -0.3 is 0 Å². The minimum atomic E-state index is -4.55. The van der Waals surface area contributed by atoms with Crippen LogP contribution < -0.4 is 0 Å². The monoisotopic (exact) mass is 434 g/mol. The second kappa shape index (κ2) is 6.30. The van der Waals surface area contributed by atoms with E-state index in [2.05, 4.69) is 0 Å². The van der Waals surface area contributed by atoms with Crippen LogP contribution in [0.1, 0.15) is 27.0 Å². The number of halogens is 3. The van der Waals surface area contributed by atoms with E-state index in [-0.39, 0.29) is 28.0 Å². The normalized spacial score (nSPS) is 15.7. The average Bonchev–Trinajstić information content (AvgIpc) is 2.70. The summed E-state index contributed by atoms with van der Waals surface area (Å²) in [6, 6.07) is 21.1. The van der Waals surface area contributed by atoms with E-state index in [0.717, 1.165) is 10.8 Å². The maximum absolute atomic E-state index is 15.3. The number of hydrogen-bond donors (Lipinski definition) is 0. The second-order valence-electron chi connectivity index (χ2n) is 9.32. The standard InChI is InChI=1S/C26H21F3OSi/c1-31(2,3)25(26(27,28)29)22-14-18-10-6-4-8-16(18)12-20(22)24(30)21-13-17-9-5-7-11-19(17)15-23(21)25/h4-15H,1-3H3. The van der Waals surface area contributed by atoms with E-state index in [1.54, 1.807) is 56.0 Å². The van der Waals surface area contributed by atoms with Gasteiger partial charge in [0.25, 0.3) is 0 Å². The van der Waals surface area contributed by atoms with Gasteiger partial charge in [-0.05, 0) is 56.9 Å². The topological polar surface area (TPSA) is 17.1 Å². The highest BCUT2D eigenvalue weighted by molar-refractivity contribution is 6.80. The van der Waals surface area contributed by atoms with Crippen LogP contribution >= 0.6 is 0 Å². The Hall–Kier alpha value is -2.92. The summed E-state index contributed by atoms with van der Waals surface area (Å²) in [5, 5.41) is 0.776. The fourth-order valence-corrected chi connectivity index (χ4v) is 8.19. The molecule has 0 spiro atoms. The van der Waals surface area contributed by atoms with Crippen LogP contribution in [-0.4, -0.2) is 20.0 Å². The molecule has 0 radical (unpaired) electrons. The van der Waals surface area contributed by atoms with E-state index in [1.807, 2.05) is 36.4 Å². The van der Waals surface area contributed by atoms with Crippen molar-refractivity contribution in [2.45, 2.75) is 30.9 Å². The zero-order valence-electron chi connectivity index (χ0n) is 17.5. The predicted octanol–water partition coefficient (Wildman–Crippen LogP) is 7.26. The van der Waals surface area contributed by atoms with Gasteiger partial charge in [-0.25, -0.2) is 0 Å². The lowest BCUT2D eigenvalue weighted by atomic mass is 9.74. The number of benzene rings is 4. The van der Waals surface area contributed by atoms with Crippen molar-refractivity contribution in [3.05, 3.63) is 95.1 Å². The second-order valence-corrected chi connectivity index (χ2v) is 14.6. The molecule has 0 N–H and O–H groups in total. The number of ketones is 1. The number of carbonyl (C=O) groups excluding carboxylic acids is 1. The molecule has 31 heavy (non-hydrogen) atoms. The van der Waals surface area contributed by atoms with Crippen molar-refractivity contribution in [2.75, 3.05) is 0 Å². The van der Waals surface area contributed by atoms with Crippen molar-refractivity contribution in [3.63, 3.8) is 0 Å². The smallest absolute Gasteiger partial charge is 0.289 e. The number of fused-ring (bicyclic) bond motifs is 4. The molecule has 0 amide bonds. The first-order chi connectivity index (χ1) is 14.6. The summed E-state index contributed by atoms with van der Waals surface area (Å²) in [7, 11) is -3.03. The van der Waals surface area contributed by atoms with Crippen LogP contribution in [0.25, 0.3) is 21.5 Å². The Bertz CT molecular complexity index is 1270. The summed E-state index contributed by atoms with van der Waals surface area (Å²) in [5.74, 6) is -0.334. The Morgan fingerprint density at radius 2 is 1.03 bits per heavy atom. The molecule has 0 fully saturated rings. The van der Waals surface area contributed by atoms with E-state index in [4.69, 9.17) is 0 Å². The van der Waals surface area contributed by atoms with Gasteiger partial charge in [0.05, 0.1) is 8.07 Å². The molecule has 0 bridgehead atoms. The van der Waals surface area contributed by atoms with Gasteiger partial charge in [-0.2, -0.15) is 13.2 Å². The number of alkyl halides is 3. The number of hydrogen-bond acceptors (Lipinski definition) is 1. The number of rotatable bonds is 1. The van der Waals surface area contributed by atoms with Crippen LogP contribution in [0, 0.1) is 0 Å². The van der Waals surface area contributed by atoms with Crippen LogP contribution in [-0.2, 0) is 5.04 Å². The molecule has 5 heteroatoms. The lowest BCUT2D eigenvalue weighted by Crippen LogP contribution is -2.62. The minimum Gasteiger partial charge on any atom is -0.289 e. The molecule has 1 aliphatic rings. The largest absolute Gasteiger partial charge is 0.399 e. The van der Waals surface area contributed by atoms with Gasteiger partial charge in [-0.15, -0.1) is 0 Å². The Morgan fingerprint density at radius 3 is 1.35 bits per heavy atom. The third-order valence-electron chi connectivity index (χ3n) is 6.62. The van der Waals surface area contributed by atoms with Crippen molar-refractivity contribution in [2.24, 2.45) is 0 Å².